The average Bonchev–Trinajstić information content (AvgIpc) is 2.33. The minimum Gasteiger partial charge on any atom is -0.508 e. The number of phenols is 1. The predicted molar refractivity (Wildman–Crippen MR) is 73.3 cm³/mol. The Morgan fingerprint density at radius 1 is 1.18 bits per heavy atom. The Balaban J connectivity index is 2.52. The third kappa shape index (κ3) is 5.22. The molecule has 96 valence electrons. The molecule has 1 aromatic rings. The highest BCUT2D eigenvalue weighted by Crippen LogP contribution is 2.22. The average molecular weight is 235 g/mol. The molecule has 0 aromatic heterocycles. The lowest BCUT2D eigenvalue weighted by molar-refractivity contribution is 0.461. The number of aromatic hydroxyl groups is 1. The number of unbranched alkanes of at least 4 members (excludes halogenated alkanes) is 2. The Morgan fingerprint density at radius 2 is 2.00 bits per heavy atom. The number of hydrogen-bond acceptors (Lipinski definition) is 2. The first kappa shape index (κ1) is 14.0. The van der Waals surface area contributed by atoms with Gasteiger partial charge in [0.25, 0.3) is 0 Å². The Morgan fingerprint density at radius 3 is 2.65 bits per heavy atom. The van der Waals surface area contributed by atoms with Crippen LogP contribution >= 0.6 is 0 Å². The van der Waals surface area contributed by atoms with Gasteiger partial charge in [0, 0.05) is 6.04 Å². The van der Waals surface area contributed by atoms with Crippen LogP contribution in [0.1, 0.15) is 57.6 Å². The first-order valence-corrected chi connectivity index (χ1v) is 6.80. The molecule has 17 heavy (non-hydrogen) atoms. The molecule has 0 radical (unpaired) electrons. The number of phenolic OH excluding ortho intramolecular Hbond substituents is 1. The Kier molecular flexibility index (Phi) is 6.71. The second kappa shape index (κ2) is 8.13. The summed E-state index contributed by atoms with van der Waals surface area (Å²) in [5.41, 5.74) is 1.20. The molecule has 0 aliphatic rings. The molecule has 2 N–H and O–H groups in total. The summed E-state index contributed by atoms with van der Waals surface area (Å²) in [6, 6.07) is 7.98. The van der Waals surface area contributed by atoms with Gasteiger partial charge in [0.05, 0.1) is 0 Å². The van der Waals surface area contributed by atoms with Gasteiger partial charge in [-0.3, -0.25) is 0 Å². The van der Waals surface area contributed by atoms with Crippen LogP contribution in [0.2, 0.25) is 0 Å². The number of benzene rings is 1. The normalized spacial score (nSPS) is 12.6. The zero-order valence-corrected chi connectivity index (χ0v) is 11.1. The standard InChI is InChI=1S/C15H25NO/c1-3-5-6-11-16-15(8-4-2)13-9-7-10-14(17)12-13/h7,9-10,12,15-17H,3-6,8,11H2,1-2H3. The van der Waals surface area contributed by atoms with Gasteiger partial charge in [-0.15, -0.1) is 0 Å². The van der Waals surface area contributed by atoms with Crippen LogP contribution in [-0.4, -0.2) is 11.7 Å². The summed E-state index contributed by atoms with van der Waals surface area (Å²) in [7, 11) is 0. The van der Waals surface area contributed by atoms with Crippen molar-refractivity contribution in [1.82, 2.24) is 5.32 Å². The highest BCUT2D eigenvalue weighted by Gasteiger charge is 2.09. The summed E-state index contributed by atoms with van der Waals surface area (Å²) < 4.78 is 0. The van der Waals surface area contributed by atoms with Crippen LogP contribution in [0.4, 0.5) is 0 Å². The first-order valence-electron chi connectivity index (χ1n) is 6.80. The molecule has 1 unspecified atom stereocenters. The predicted octanol–water partition coefficient (Wildman–Crippen LogP) is 4.01. The van der Waals surface area contributed by atoms with Gasteiger partial charge in [-0.1, -0.05) is 45.2 Å². The topological polar surface area (TPSA) is 32.3 Å². The van der Waals surface area contributed by atoms with Crippen molar-refractivity contribution in [3.63, 3.8) is 0 Å². The SMILES string of the molecule is CCCCCNC(CCC)c1cccc(O)c1. The highest BCUT2D eigenvalue weighted by atomic mass is 16.3. The fourth-order valence-electron chi connectivity index (χ4n) is 2.07. The maximum absolute atomic E-state index is 9.51. The van der Waals surface area contributed by atoms with Gasteiger partial charge >= 0.3 is 0 Å². The molecular formula is C15H25NO. The minimum absolute atomic E-state index is 0.360. The third-order valence-corrected chi connectivity index (χ3v) is 3.02. The molecule has 0 saturated heterocycles. The summed E-state index contributed by atoms with van der Waals surface area (Å²) in [5.74, 6) is 0.360. The molecule has 2 heteroatoms. The van der Waals surface area contributed by atoms with E-state index >= 15 is 0 Å². The van der Waals surface area contributed by atoms with Crippen molar-refractivity contribution in [3.8, 4) is 5.75 Å². The van der Waals surface area contributed by atoms with Gasteiger partial charge < -0.3 is 10.4 Å². The number of hydrogen-bond donors (Lipinski definition) is 2. The minimum atomic E-state index is 0.360. The highest BCUT2D eigenvalue weighted by molar-refractivity contribution is 5.29. The van der Waals surface area contributed by atoms with Crippen molar-refractivity contribution in [2.45, 2.75) is 52.0 Å². The zero-order valence-electron chi connectivity index (χ0n) is 11.1. The number of nitrogens with one attached hydrogen (secondary N) is 1. The third-order valence-electron chi connectivity index (χ3n) is 3.02. The lowest BCUT2D eigenvalue weighted by Crippen LogP contribution is -2.22. The first-order chi connectivity index (χ1) is 8.27. The van der Waals surface area contributed by atoms with Gasteiger partial charge in [-0.05, 0) is 37.1 Å². The van der Waals surface area contributed by atoms with E-state index in [1.165, 1.54) is 24.8 Å². The van der Waals surface area contributed by atoms with Gasteiger partial charge in [-0.25, -0.2) is 0 Å². The van der Waals surface area contributed by atoms with E-state index in [1.807, 2.05) is 12.1 Å². The van der Waals surface area contributed by atoms with E-state index in [0.717, 1.165) is 19.4 Å². The van der Waals surface area contributed by atoms with Gasteiger partial charge in [-0.2, -0.15) is 0 Å². The molecule has 2 nitrogen and oxygen atoms in total. The summed E-state index contributed by atoms with van der Waals surface area (Å²) in [6.45, 7) is 5.48. The van der Waals surface area contributed by atoms with E-state index in [2.05, 4.69) is 25.2 Å². The van der Waals surface area contributed by atoms with Crippen molar-refractivity contribution in [2.24, 2.45) is 0 Å². The van der Waals surface area contributed by atoms with Crippen LogP contribution in [0, 0.1) is 0 Å². The maximum Gasteiger partial charge on any atom is 0.115 e. The van der Waals surface area contributed by atoms with E-state index in [-0.39, 0.29) is 0 Å². The van der Waals surface area contributed by atoms with E-state index in [9.17, 15) is 5.11 Å². The zero-order chi connectivity index (χ0) is 12.5. The van der Waals surface area contributed by atoms with Crippen molar-refractivity contribution in [1.29, 1.82) is 0 Å². The molecule has 0 saturated carbocycles. The lowest BCUT2D eigenvalue weighted by atomic mass is 10.0. The molecular weight excluding hydrogens is 210 g/mol. The molecule has 0 bridgehead atoms. The Bertz CT molecular complexity index is 312. The smallest absolute Gasteiger partial charge is 0.115 e. The summed E-state index contributed by atoms with van der Waals surface area (Å²) >= 11 is 0. The Labute approximate surface area is 105 Å². The molecule has 1 atom stereocenters. The fourth-order valence-corrected chi connectivity index (χ4v) is 2.07. The van der Waals surface area contributed by atoms with Crippen LogP contribution in [0.3, 0.4) is 0 Å². The van der Waals surface area contributed by atoms with Crippen molar-refractivity contribution >= 4 is 0 Å². The molecule has 0 spiro atoms. The molecule has 0 aliphatic heterocycles. The molecule has 0 amide bonds. The van der Waals surface area contributed by atoms with E-state index in [1.54, 1.807) is 6.07 Å². The van der Waals surface area contributed by atoms with Crippen molar-refractivity contribution in [3.05, 3.63) is 29.8 Å². The van der Waals surface area contributed by atoms with Gasteiger partial charge in [0.15, 0.2) is 0 Å². The van der Waals surface area contributed by atoms with Crippen LogP contribution in [0.15, 0.2) is 24.3 Å². The lowest BCUT2D eigenvalue weighted by Gasteiger charge is -2.18. The molecule has 1 aromatic carbocycles. The summed E-state index contributed by atoms with van der Waals surface area (Å²) in [5, 5.41) is 13.1. The van der Waals surface area contributed by atoms with Gasteiger partial charge in [0.2, 0.25) is 0 Å². The second-order valence-electron chi connectivity index (χ2n) is 4.60. The molecule has 1 rings (SSSR count). The van der Waals surface area contributed by atoms with Gasteiger partial charge in [0.1, 0.15) is 5.75 Å². The fraction of sp³-hybridized carbons (Fsp3) is 0.600. The summed E-state index contributed by atoms with van der Waals surface area (Å²) in [6.07, 6.45) is 6.05. The molecule has 0 aliphatic carbocycles. The van der Waals surface area contributed by atoms with Crippen LogP contribution in [0.5, 0.6) is 5.75 Å². The Hall–Kier alpha value is -1.02. The van der Waals surface area contributed by atoms with Crippen LogP contribution in [-0.2, 0) is 0 Å². The van der Waals surface area contributed by atoms with Crippen LogP contribution in [0.25, 0.3) is 0 Å². The van der Waals surface area contributed by atoms with Crippen molar-refractivity contribution in [2.75, 3.05) is 6.54 Å². The summed E-state index contributed by atoms with van der Waals surface area (Å²) in [4.78, 5) is 0. The quantitative estimate of drug-likeness (QED) is 0.667. The van der Waals surface area contributed by atoms with E-state index < -0.39 is 0 Å². The maximum atomic E-state index is 9.51. The van der Waals surface area contributed by atoms with E-state index in [0.29, 0.717) is 11.8 Å². The monoisotopic (exact) mass is 235 g/mol. The second-order valence-corrected chi connectivity index (χ2v) is 4.60. The molecule has 0 heterocycles. The largest absolute Gasteiger partial charge is 0.508 e. The van der Waals surface area contributed by atoms with Crippen molar-refractivity contribution < 1.29 is 5.11 Å². The van der Waals surface area contributed by atoms with E-state index in [4.69, 9.17) is 0 Å². The molecule has 0 fully saturated rings. The number of rotatable bonds is 8. The van der Waals surface area contributed by atoms with Crippen LogP contribution < -0.4 is 5.32 Å².